The van der Waals surface area contributed by atoms with Crippen molar-refractivity contribution in [2.24, 2.45) is 0 Å². The Morgan fingerprint density at radius 2 is 1.71 bits per heavy atom. The van der Waals surface area contributed by atoms with Gasteiger partial charge in [0.15, 0.2) is 0 Å². The molecule has 2 heterocycles. The molecule has 0 aromatic heterocycles. The van der Waals surface area contributed by atoms with E-state index in [1.165, 1.54) is 16.8 Å². The molecule has 1 atom stereocenters. The highest BCUT2D eigenvalue weighted by Gasteiger charge is 2.22. The summed E-state index contributed by atoms with van der Waals surface area (Å²) in [6.07, 6.45) is 1.07. The van der Waals surface area contributed by atoms with Crippen LogP contribution >= 0.6 is 0 Å². The maximum atomic E-state index is 13.4. The first-order valence-corrected chi connectivity index (χ1v) is 10.1. The number of pyridine rings is 1. The van der Waals surface area contributed by atoms with E-state index in [4.69, 9.17) is 0 Å². The summed E-state index contributed by atoms with van der Waals surface area (Å²) >= 11 is 0. The number of hydrogen-bond donors (Lipinski definition) is 1. The Kier molecular flexibility index (Phi) is 4.64. The quantitative estimate of drug-likeness (QED) is 0.471. The molecule has 6 heteroatoms. The van der Waals surface area contributed by atoms with Crippen LogP contribution in [0.5, 0.6) is 0 Å². The topological polar surface area (TPSA) is 60.0 Å². The average Bonchev–Trinajstić information content (AvgIpc) is 3.12. The Morgan fingerprint density at radius 3 is 2.48 bits per heavy atom. The molecular formula is C25H20FN3O2. The van der Waals surface area contributed by atoms with E-state index in [1.54, 1.807) is 37.4 Å². The first kappa shape index (κ1) is 19.2. The third-order valence-electron chi connectivity index (χ3n) is 5.51. The van der Waals surface area contributed by atoms with Crippen molar-refractivity contribution >= 4 is 10.9 Å². The van der Waals surface area contributed by atoms with Crippen LogP contribution in [0.25, 0.3) is 27.8 Å². The minimum absolute atomic E-state index is 0.248. The van der Waals surface area contributed by atoms with Gasteiger partial charge in [0.25, 0.3) is 5.56 Å². The highest BCUT2D eigenvalue weighted by atomic mass is 19.1. The van der Waals surface area contributed by atoms with Gasteiger partial charge in [-0.3, -0.25) is 4.79 Å². The third kappa shape index (κ3) is 3.31. The van der Waals surface area contributed by atoms with Crippen molar-refractivity contribution in [3.8, 4) is 16.9 Å². The lowest BCUT2D eigenvalue weighted by molar-refractivity contribution is 0.199. The second kappa shape index (κ2) is 7.49. The number of aliphatic hydroxyl groups is 1. The average molecular weight is 413 g/mol. The first-order valence-electron chi connectivity index (χ1n) is 10.1. The number of fused-ring (bicyclic) bond motifs is 3. The first-order chi connectivity index (χ1) is 15.0. The van der Waals surface area contributed by atoms with Gasteiger partial charge in [-0.2, -0.15) is 9.78 Å². The van der Waals surface area contributed by atoms with E-state index in [2.05, 4.69) is 5.10 Å². The number of aromatic nitrogens is 3. The third-order valence-corrected chi connectivity index (χ3v) is 5.51. The molecule has 154 valence electrons. The van der Waals surface area contributed by atoms with Crippen LogP contribution in [0.4, 0.5) is 4.39 Å². The minimum Gasteiger partial charge on any atom is -0.389 e. The fourth-order valence-electron chi connectivity index (χ4n) is 3.99. The zero-order valence-corrected chi connectivity index (χ0v) is 16.9. The molecule has 2 aliphatic rings. The number of rotatable bonds is 4. The normalized spacial score (nSPS) is 12.5. The molecular weight excluding hydrogens is 393 g/mol. The standard InChI is InChI=1S/C25H20FN3O2/c1-16(30)19-6-2-5-9-23(19)29-25(31)21-15-28(14-17-10-12-18(26)13-11-17)22-8-4-3-7-20(22)24(21)27-29/h2-13,15-16,30H,14H2,1H3. The maximum absolute atomic E-state index is 13.4. The van der Waals surface area contributed by atoms with Crippen LogP contribution < -0.4 is 5.56 Å². The Hall–Kier alpha value is -3.77. The molecule has 0 radical (unpaired) electrons. The summed E-state index contributed by atoms with van der Waals surface area (Å²) in [5, 5.41) is 15.7. The molecule has 3 aromatic carbocycles. The lowest BCUT2D eigenvalue weighted by atomic mass is 10.1. The number of aliphatic hydroxyl groups excluding tert-OH is 1. The molecule has 31 heavy (non-hydrogen) atoms. The summed E-state index contributed by atoms with van der Waals surface area (Å²) in [7, 11) is 0. The second-order valence-electron chi connectivity index (χ2n) is 7.61. The van der Waals surface area contributed by atoms with E-state index in [0.717, 1.165) is 16.5 Å². The highest BCUT2D eigenvalue weighted by molar-refractivity contribution is 5.93. The molecule has 0 amide bonds. The molecule has 0 fully saturated rings. The van der Waals surface area contributed by atoms with Crippen molar-refractivity contribution in [1.82, 2.24) is 14.3 Å². The molecule has 5 nitrogen and oxygen atoms in total. The van der Waals surface area contributed by atoms with Gasteiger partial charge in [-0.05, 0) is 36.8 Å². The Morgan fingerprint density at radius 1 is 1.00 bits per heavy atom. The molecule has 5 rings (SSSR count). The smallest absolute Gasteiger partial charge is 0.282 e. The number of nitrogens with zero attached hydrogens (tertiary/aromatic N) is 3. The monoisotopic (exact) mass is 413 g/mol. The van der Waals surface area contributed by atoms with Gasteiger partial charge >= 0.3 is 0 Å². The Labute approximate surface area is 178 Å². The van der Waals surface area contributed by atoms with Crippen molar-refractivity contribution < 1.29 is 9.50 Å². The van der Waals surface area contributed by atoms with Crippen molar-refractivity contribution in [2.75, 3.05) is 0 Å². The van der Waals surface area contributed by atoms with Crippen LogP contribution in [0.1, 0.15) is 24.2 Å². The molecule has 0 aliphatic carbocycles. The SMILES string of the molecule is CC(O)c1ccccc1-n1nc2c3ccccc3n(Cc3ccc(F)cc3)cc-2c1=O. The second-order valence-corrected chi connectivity index (χ2v) is 7.61. The Balaban J connectivity index is 1.75. The van der Waals surface area contributed by atoms with E-state index in [-0.39, 0.29) is 11.4 Å². The van der Waals surface area contributed by atoms with Crippen molar-refractivity contribution in [3.63, 3.8) is 0 Å². The van der Waals surface area contributed by atoms with Crippen molar-refractivity contribution in [3.05, 3.63) is 106 Å². The van der Waals surface area contributed by atoms with Gasteiger partial charge in [-0.1, -0.05) is 48.5 Å². The molecule has 0 saturated carbocycles. The summed E-state index contributed by atoms with van der Waals surface area (Å²) < 4.78 is 16.7. The lowest BCUT2D eigenvalue weighted by Gasteiger charge is -2.13. The number of para-hydroxylation sites is 2. The number of benzene rings is 3. The minimum atomic E-state index is -0.733. The molecule has 3 aromatic rings. The lowest BCUT2D eigenvalue weighted by Crippen LogP contribution is -2.17. The van der Waals surface area contributed by atoms with Gasteiger partial charge in [0, 0.05) is 23.7 Å². The van der Waals surface area contributed by atoms with Crippen LogP contribution in [0.3, 0.4) is 0 Å². The van der Waals surface area contributed by atoms with Gasteiger partial charge in [-0.15, -0.1) is 0 Å². The summed E-state index contributed by atoms with van der Waals surface area (Å²) in [5.74, 6) is -0.283. The fraction of sp³-hybridized carbons (Fsp3) is 0.120. The molecule has 1 N–H and O–H groups in total. The summed E-state index contributed by atoms with van der Waals surface area (Å²) in [4.78, 5) is 13.4. The van der Waals surface area contributed by atoms with Crippen LogP contribution in [-0.4, -0.2) is 19.5 Å². The van der Waals surface area contributed by atoms with E-state index >= 15 is 0 Å². The Bertz CT molecular complexity index is 1420. The van der Waals surface area contributed by atoms with Gasteiger partial charge in [0.1, 0.15) is 11.5 Å². The largest absolute Gasteiger partial charge is 0.389 e. The van der Waals surface area contributed by atoms with Gasteiger partial charge < -0.3 is 9.67 Å². The van der Waals surface area contributed by atoms with Crippen LogP contribution in [-0.2, 0) is 6.54 Å². The van der Waals surface area contributed by atoms with Gasteiger partial charge in [0.2, 0.25) is 0 Å². The number of hydrogen-bond acceptors (Lipinski definition) is 3. The summed E-state index contributed by atoms with van der Waals surface area (Å²) in [5.41, 5.74) is 3.89. The fourth-order valence-corrected chi connectivity index (χ4v) is 3.99. The molecule has 0 bridgehead atoms. The highest BCUT2D eigenvalue weighted by Crippen LogP contribution is 2.29. The molecule has 2 aliphatic heterocycles. The number of halogens is 1. The molecule has 0 saturated heterocycles. The summed E-state index contributed by atoms with van der Waals surface area (Å²) in [6, 6.07) is 21.3. The van der Waals surface area contributed by atoms with Gasteiger partial charge in [0.05, 0.1) is 22.9 Å². The maximum Gasteiger partial charge on any atom is 0.282 e. The van der Waals surface area contributed by atoms with Crippen LogP contribution in [0.15, 0.2) is 83.8 Å². The zero-order chi connectivity index (χ0) is 21.5. The van der Waals surface area contributed by atoms with E-state index in [9.17, 15) is 14.3 Å². The van der Waals surface area contributed by atoms with Crippen LogP contribution in [0.2, 0.25) is 0 Å². The van der Waals surface area contributed by atoms with Crippen molar-refractivity contribution in [1.29, 1.82) is 0 Å². The zero-order valence-electron chi connectivity index (χ0n) is 16.9. The van der Waals surface area contributed by atoms with Gasteiger partial charge in [-0.25, -0.2) is 4.39 Å². The van der Waals surface area contributed by atoms with Crippen molar-refractivity contribution in [2.45, 2.75) is 19.6 Å². The molecule has 1 unspecified atom stereocenters. The predicted molar refractivity (Wildman–Crippen MR) is 118 cm³/mol. The molecule has 0 spiro atoms. The summed E-state index contributed by atoms with van der Waals surface area (Å²) in [6.45, 7) is 2.16. The predicted octanol–water partition coefficient (Wildman–Crippen LogP) is 4.53. The van der Waals surface area contributed by atoms with Crippen LogP contribution in [0, 0.1) is 5.82 Å². The van der Waals surface area contributed by atoms with E-state index in [0.29, 0.717) is 29.1 Å². The van der Waals surface area contributed by atoms with E-state index < -0.39 is 6.10 Å². The van der Waals surface area contributed by atoms with E-state index in [1.807, 2.05) is 41.0 Å².